The van der Waals surface area contributed by atoms with Crippen LogP contribution in [-0.4, -0.2) is 17.1 Å². The number of pyridine rings is 1. The molecule has 90 valence electrons. The van der Waals surface area contributed by atoms with Crippen LogP contribution in [0.1, 0.15) is 16.5 Å². The second kappa shape index (κ2) is 5.72. The molecule has 0 radical (unpaired) electrons. The Hall–Kier alpha value is -1.50. The number of methoxy groups -OCH3 is 1. The van der Waals surface area contributed by atoms with E-state index >= 15 is 0 Å². The van der Waals surface area contributed by atoms with Gasteiger partial charge in [-0.3, -0.25) is 21.2 Å². The molecule has 0 aliphatic carbocycles. The van der Waals surface area contributed by atoms with Gasteiger partial charge in [0.2, 0.25) is 0 Å². The minimum Gasteiger partial charge on any atom is -0.495 e. The first-order valence-electron chi connectivity index (χ1n) is 5.16. The van der Waals surface area contributed by atoms with Crippen LogP contribution in [-0.2, 0) is 6.42 Å². The van der Waals surface area contributed by atoms with E-state index in [1.165, 1.54) is 4.88 Å². The number of nitrogens with one attached hydrogen (secondary N) is 1. The minimum absolute atomic E-state index is 0.00611. The smallest absolute Gasteiger partial charge is 0.141 e. The Morgan fingerprint density at radius 2 is 2.35 bits per heavy atom. The third kappa shape index (κ3) is 2.79. The molecule has 5 nitrogen and oxygen atoms in total. The lowest BCUT2D eigenvalue weighted by atomic mass is 10.0. The summed E-state index contributed by atoms with van der Waals surface area (Å²) in [6.45, 7) is 0. The third-order valence-electron chi connectivity index (χ3n) is 2.50. The Labute approximate surface area is 104 Å². The Kier molecular flexibility index (Phi) is 4.03. The van der Waals surface area contributed by atoms with Crippen LogP contribution in [0, 0.1) is 0 Å². The molecule has 2 heterocycles. The summed E-state index contributed by atoms with van der Waals surface area (Å²) >= 11 is 1.61. The summed E-state index contributed by atoms with van der Waals surface area (Å²) in [4.78, 5) is 9.25. The zero-order chi connectivity index (χ0) is 12.1. The van der Waals surface area contributed by atoms with E-state index in [0.717, 1.165) is 17.7 Å². The number of ether oxygens (including phenoxy) is 1. The fourth-order valence-electron chi connectivity index (χ4n) is 1.65. The monoisotopic (exact) mass is 250 g/mol. The van der Waals surface area contributed by atoms with Crippen LogP contribution in [0.3, 0.4) is 0 Å². The minimum atomic E-state index is -0.00611. The molecule has 0 aliphatic heterocycles. The van der Waals surface area contributed by atoms with Gasteiger partial charge in [-0.15, -0.1) is 11.3 Å². The van der Waals surface area contributed by atoms with Gasteiger partial charge in [0.05, 0.1) is 24.9 Å². The van der Waals surface area contributed by atoms with Gasteiger partial charge < -0.3 is 4.74 Å². The van der Waals surface area contributed by atoms with Crippen LogP contribution in [0.15, 0.2) is 30.2 Å². The molecule has 3 N–H and O–H groups in total. The maximum atomic E-state index is 5.60. The molecule has 1 unspecified atom stereocenters. The first-order valence-corrected chi connectivity index (χ1v) is 6.04. The molecule has 0 aliphatic rings. The van der Waals surface area contributed by atoms with Crippen molar-refractivity contribution in [2.24, 2.45) is 5.84 Å². The van der Waals surface area contributed by atoms with Crippen molar-refractivity contribution in [2.45, 2.75) is 12.5 Å². The van der Waals surface area contributed by atoms with Crippen molar-refractivity contribution >= 4 is 11.3 Å². The number of hydrogen-bond acceptors (Lipinski definition) is 6. The average Bonchev–Trinajstić information content (AvgIpc) is 2.89. The van der Waals surface area contributed by atoms with E-state index in [9.17, 15) is 0 Å². The lowest BCUT2D eigenvalue weighted by Crippen LogP contribution is -2.29. The van der Waals surface area contributed by atoms with Crippen molar-refractivity contribution in [1.82, 2.24) is 15.4 Å². The Bertz CT molecular complexity index is 460. The van der Waals surface area contributed by atoms with Gasteiger partial charge in [-0.25, -0.2) is 0 Å². The number of thiazole rings is 1. The van der Waals surface area contributed by atoms with Crippen molar-refractivity contribution in [3.05, 3.63) is 40.6 Å². The van der Waals surface area contributed by atoms with Crippen molar-refractivity contribution in [1.29, 1.82) is 0 Å². The van der Waals surface area contributed by atoms with Gasteiger partial charge in [0.25, 0.3) is 0 Å². The molecular weight excluding hydrogens is 236 g/mol. The van der Waals surface area contributed by atoms with Crippen molar-refractivity contribution in [3.8, 4) is 5.75 Å². The van der Waals surface area contributed by atoms with Gasteiger partial charge >= 0.3 is 0 Å². The highest BCUT2D eigenvalue weighted by Gasteiger charge is 2.15. The average molecular weight is 250 g/mol. The molecule has 0 bridgehead atoms. The van der Waals surface area contributed by atoms with Crippen LogP contribution in [0.5, 0.6) is 5.75 Å². The van der Waals surface area contributed by atoms with Gasteiger partial charge in [0, 0.05) is 29.3 Å². The normalized spacial score (nSPS) is 12.4. The summed E-state index contributed by atoms with van der Waals surface area (Å²) in [5.74, 6) is 6.34. The second-order valence-electron chi connectivity index (χ2n) is 3.51. The van der Waals surface area contributed by atoms with E-state index in [4.69, 9.17) is 10.6 Å². The molecule has 2 aromatic rings. The standard InChI is InChI=1S/C11H14N4OS/c1-16-11-6-13-3-2-9(11)10(15-12)4-8-5-14-7-17-8/h2-3,5-7,10,15H,4,12H2,1H3. The van der Waals surface area contributed by atoms with Crippen LogP contribution < -0.4 is 16.0 Å². The lowest BCUT2D eigenvalue weighted by molar-refractivity contribution is 0.397. The molecule has 0 aromatic carbocycles. The summed E-state index contributed by atoms with van der Waals surface area (Å²) in [5, 5.41) is 0. The third-order valence-corrected chi connectivity index (χ3v) is 3.30. The molecule has 0 saturated carbocycles. The zero-order valence-corrected chi connectivity index (χ0v) is 10.3. The Balaban J connectivity index is 2.22. The summed E-state index contributed by atoms with van der Waals surface area (Å²) in [6, 6.07) is 1.90. The van der Waals surface area contributed by atoms with E-state index in [-0.39, 0.29) is 6.04 Å². The maximum Gasteiger partial charge on any atom is 0.141 e. The first kappa shape index (κ1) is 12.0. The summed E-state index contributed by atoms with van der Waals surface area (Å²) in [5.41, 5.74) is 5.61. The molecule has 0 saturated heterocycles. The highest BCUT2D eigenvalue weighted by atomic mass is 32.1. The van der Waals surface area contributed by atoms with Crippen LogP contribution in [0.25, 0.3) is 0 Å². The highest BCUT2D eigenvalue weighted by molar-refractivity contribution is 7.09. The summed E-state index contributed by atoms with van der Waals surface area (Å²) in [6.07, 6.45) is 6.05. The fourth-order valence-corrected chi connectivity index (χ4v) is 2.29. The predicted octanol–water partition coefficient (Wildman–Crippen LogP) is 1.29. The quantitative estimate of drug-likeness (QED) is 0.618. The van der Waals surface area contributed by atoms with Gasteiger partial charge in [-0.2, -0.15) is 0 Å². The molecule has 17 heavy (non-hydrogen) atoms. The largest absolute Gasteiger partial charge is 0.495 e. The van der Waals surface area contributed by atoms with Crippen molar-refractivity contribution in [3.63, 3.8) is 0 Å². The molecule has 6 heteroatoms. The van der Waals surface area contributed by atoms with Gasteiger partial charge in [0.15, 0.2) is 0 Å². The molecule has 0 fully saturated rings. The van der Waals surface area contributed by atoms with E-state index < -0.39 is 0 Å². The number of hydrazine groups is 1. The predicted molar refractivity (Wildman–Crippen MR) is 66.7 cm³/mol. The molecule has 2 aromatic heterocycles. The topological polar surface area (TPSA) is 73.1 Å². The number of aromatic nitrogens is 2. The highest BCUT2D eigenvalue weighted by Crippen LogP contribution is 2.26. The number of nitrogens with two attached hydrogens (primary N) is 1. The SMILES string of the molecule is COc1cnccc1C(Cc1cncs1)NN. The molecule has 0 spiro atoms. The molecule has 1 atom stereocenters. The Morgan fingerprint density at radius 1 is 1.47 bits per heavy atom. The van der Waals surface area contributed by atoms with Gasteiger partial charge in [-0.1, -0.05) is 0 Å². The fraction of sp³-hybridized carbons (Fsp3) is 0.273. The van der Waals surface area contributed by atoms with E-state index in [2.05, 4.69) is 15.4 Å². The summed E-state index contributed by atoms with van der Waals surface area (Å²) in [7, 11) is 1.63. The van der Waals surface area contributed by atoms with Crippen molar-refractivity contribution in [2.75, 3.05) is 7.11 Å². The number of hydrogen-bond donors (Lipinski definition) is 2. The Morgan fingerprint density at radius 3 is 3.00 bits per heavy atom. The van der Waals surface area contributed by atoms with Gasteiger partial charge in [-0.05, 0) is 6.07 Å². The van der Waals surface area contributed by atoms with E-state index in [0.29, 0.717) is 0 Å². The number of nitrogens with zero attached hydrogens (tertiary/aromatic N) is 2. The summed E-state index contributed by atoms with van der Waals surface area (Å²) < 4.78 is 5.28. The second-order valence-corrected chi connectivity index (χ2v) is 4.48. The maximum absolute atomic E-state index is 5.60. The van der Waals surface area contributed by atoms with Crippen LogP contribution >= 0.6 is 11.3 Å². The molecule has 2 rings (SSSR count). The van der Waals surface area contributed by atoms with E-state index in [1.54, 1.807) is 30.8 Å². The van der Waals surface area contributed by atoms with Gasteiger partial charge in [0.1, 0.15) is 5.75 Å². The molecule has 0 amide bonds. The number of rotatable bonds is 5. The van der Waals surface area contributed by atoms with Crippen LogP contribution in [0.4, 0.5) is 0 Å². The first-order chi connectivity index (χ1) is 8.35. The van der Waals surface area contributed by atoms with E-state index in [1.807, 2.05) is 17.8 Å². The van der Waals surface area contributed by atoms with Crippen LogP contribution in [0.2, 0.25) is 0 Å². The lowest BCUT2D eigenvalue weighted by Gasteiger charge is -2.17. The molecular formula is C11H14N4OS. The zero-order valence-electron chi connectivity index (χ0n) is 9.46. The van der Waals surface area contributed by atoms with Crippen molar-refractivity contribution < 1.29 is 4.74 Å².